The zero-order chi connectivity index (χ0) is 21.3. The van der Waals surface area contributed by atoms with Gasteiger partial charge in [-0.2, -0.15) is 0 Å². The lowest BCUT2D eigenvalue weighted by molar-refractivity contribution is -0.924. The van der Waals surface area contributed by atoms with Crippen LogP contribution in [-0.4, -0.2) is 55.3 Å². The molecule has 2 aromatic carbocycles. The highest BCUT2D eigenvalue weighted by Crippen LogP contribution is 2.47. The molecule has 2 N–H and O–H groups in total. The predicted octanol–water partition coefficient (Wildman–Crippen LogP) is 2.97. The Kier molecular flexibility index (Phi) is 5.91. The van der Waals surface area contributed by atoms with E-state index in [1.165, 1.54) is 11.1 Å². The number of aliphatic hydroxyl groups excluding tert-OH is 2. The molecule has 2 unspecified atom stereocenters. The van der Waals surface area contributed by atoms with Gasteiger partial charge in [-0.25, -0.2) is 0 Å². The summed E-state index contributed by atoms with van der Waals surface area (Å²) in [7, 11) is 6.07. The topological polar surface area (TPSA) is 68.2 Å². The van der Waals surface area contributed by atoms with Crippen LogP contribution in [0.3, 0.4) is 0 Å². The monoisotopic (exact) mass is 414 g/mol. The maximum Gasteiger partial charge on any atom is 0.231 e. The highest BCUT2D eigenvalue weighted by atomic mass is 16.7. The first-order chi connectivity index (χ1) is 14.4. The first kappa shape index (κ1) is 21.0. The van der Waals surface area contributed by atoms with Gasteiger partial charge in [-0.15, -0.1) is 0 Å². The van der Waals surface area contributed by atoms with Gasteiger partial charge in [0.25, 0.3) is 0 Å². The van der Waals surface area contributed by atoms with Crippen molar-refractivity contribution in [1.82, 2.24) is 0 Å². The lowest BCUT2D eigenvalue weighted by Crippen LogP contribution is -2.49. The van der Waals surface area contributed by atoms with E-state index in [-0.39, 0.29) is 19.4 Å². The third-order valence-electron chi connectivity index (χ3n) is 6.61. The second-order valence-corrected chi connectivity index (χ2v) is 8.86. The van der Waals surface area contributed by atoms with Gasteiger partial charge in [-0.05, 0) is 42.2 Å². The summed E-state index contributed by atoms with van der Waals surface area (Å²) in [5.74, 6) is 2.23. The highest BCUT2D eigenvalue weighted by Gasteiger charge is 2.41. The first-order valence-corrected chi connectivity index (χ1v) is 10.6. The van der Waals surface area contributed by atoms with Gasteiger partial charge in [-0.3, -0.25) is 0 Å². The van der Waals surface area contributed by atoms with E-state index >= 15 is 0 Å². The van der Waals surface area contributed by atoms with Gasteiger partial charge in [0, 0.05) is 24.0 Å². The number of nitrogens with zero attached hydrogens (tertiary/aromatic N) is 1. The zero-order valence-corrected chi connectivity index (χ0v) is 18.1. The molecular weight excluding hydrogens is 382 g/mol. The van der Waals surface area contributed by atoms with E-state index < -0.39 is 6.10 Å². The Hall–Kier alpha value is -2.28. The van der Waals surface area contributed by atoms with Crippen molar-refractivity contribution < 1.29 is 28.9 Å². The molecule has 4 rings (SSSR count). The van der Waals surface area contributed by atoms with Crippen molar-refractivity contribution in [2.24, 2.45) is 0 Å². The van der Waals surface area contributed by atoms with Gasteiger partial charge in [0.15, 0.2) is 11.5 Å². The van der Waals surface area contributed by atoms with Crippen molar-refractivity contribution in [1.29, 1.82) is 0 Å². The molecule has 2 atom stereocenters. The number of methoxy groups -OCH3 is 1. The molecule has 162 valence electrons. The summed E-state index contributed by atoms with van der Waals surface area (Å²) >= 11 is 0. The van der Waals surface area contributed by atoms with Crippen LogP contribution in [0.25, 0.3) is 0 Å². The molecule has 0 aliphatic carbocycles. The number of aliphatic hydroxyl groups is 2. The standard InChI is InChI=1S/C24H32NO5/c1-25(2)11-10-17-12-22-24(30-15-29-22)20(14-26)23(17)21(25)13-18(27)7-4-16-5-8-19(28-3)9-6-16/h5-6,8-9,12,18,21,26-27H,4,7,10-11,13-15H2,1-3H3/q+1. The third-order valence-corrected chi connectivity index (χ3v) is 6.61. The van der Waals surface area contributed by atoms with Crippen LogP contribution in [0.4, 0.5) is 0 Å². The van der Waals surface area contributed by atoms with E-state index in [1.54, 1.807) is 7.11 Å². The fourth-order valence-corrected chi connectivity index (χ4v) is 4.78. The van der Waals surface area contributed by atoms with E-state index in [0.29, 0.717) is 18.6 Å². The predicted molar refractivity (Wildman–Crippen MR) is 114 cm³/mol. The summed E-state index contributed by atoms with van der Waals surface area (Å²) < 4.78 is 17.2. The minimum absolute atomic E-state index is 0.0900. The minimum Gasteiger partial charge on any atom is -0.497 e. The Balaban J connectivity index is 1.54. The number of aryl methyl sites for hydroxylation is 1. The fourth-order valence-electron chi connectivity index (χ4n) is 4.78. The number of quaternary nitrogens is 1. The summed E-state index contributed by atoms with van der Waals surface area (Å²) in [5.41, 5.74) is 4.33. The second kappa shape index (κ2) is 8.46. The molecule has 0 saturated heterocycles. The summed E-state index contributed by atoms with van der Waals surface area (Å²) in [6, 6.07) is 10.2. The van der Waals surface area contributed by atoms with Gasteiger partial charge in [0.2, 0.25) is 6.79 Å². The van der Waals surface area contributed by atoms with Crippen LogP contribution in [0.2, 0.25) is 0 Å². The summed E-state index contributed by atoms with van der Waals surface area (Å²) in [4.78, 5) is 0. The molecule has 0 fully saturated rings. The van der Waals surface area contributed by atoms with Crippen molar-refractivity contribution >= 4 is 0 Å². The molecule has 2 aromatic rings. The van der Waals surface area contributed by atoms with Gasteiger partial charge in [0.1, 0.15) is 11.8 Å². The van der Waals surface area contributed by atoms with Crippen LogP contribution in [0.1, 0.15) is 41.1 Å². The lowest BCUT2D eigenvalue weighted by Gasteiger charge is -2.44. The largest absolute Gasteiger partial charge is 0.497 e. The summed E-state index contributed by atoms with van der Waals surface area (Å²) in [6.07, 6.45) is 2.63. The molecule has 0 saturated carbocycles. The second-order valence-electron chi connectivity index (χ2n) is 8.86. The van der Waals surface area contributed by atoms with Crippen molar-refractivity contribution in [3.63, 3.8) is 0 Å². The van der Waals surface area contributed by atoms with Gasteiger partial charge in [0.05, 0.1) is 40.5 Å². The van der Waals surface area contributed by atoms with Gasteiger partial charge in [-0.1, -0.05) is 12.1 Å². The molecule has 0 amide bonds. The minimum atomic E-state index is -0.433. The highest BCUT2D eigenvalue weighted by molar-refractivity contribution is 5.56. The van der Waals surface area contributed by atoms with Crippen molar-refractivity contribution in [3.8, 4) is 17.2 Å². The molecule has 6 nitrogen and oxygen atoms in total. The average molecular weight is 415 g/mol. The fraction of sp³-hybridized carbons (Fsp3) is 0.500. The Morgan fingerprint density at radius 3 is 2.67 bits per heavy atom. The molecule has 2 aliphatic heterocycles. The van der Waals surface area contributed by atoms with Gasteiger partial charge >= 0.3 is 0 Å². The van der Waals surface area contributed by atoms with Crippen molar-refractivity contribution in [2.75, 3.05) is 34.5 Å². The number of benzene rings is 2. The number of rotatable bonds is 7. The maximum atomic E-state index is 10.9. The number of hydrogen-bond acceptors (Lipinski definition) is 5. The molecule has 2 heterocycles. The van der Waals surface area contributed by atoms with E-state index in [2.05, 4.69) is 20.2 Å². The van der Waals surface area contributed by atoms with Crippen LogP contribution >= 0.6 is 0 Å². The van der Waals surface area contributed by atoms with Gasteiger partial charge < -0.3 is 28.9 Å². The van der Waals surface area contributed by atoms with Crippen LogP contribution in [0.15, 0.2) is 30.3 Å². The molecule has 0 bridgehead atoms. The number of likely N-dealkylation sites (N-methyl/N-ethyl adjacent to an activating group) is 1. The molecule has 2 aliphatic rings. The molecule has 6 heteroatoms. The summed E-state index contributed by atoms with van der Waals surface area (Å²) in [5, 5.41) is 21.1. The Bertz CT molecular complexity index is 893. The van der Waals surface area contributed by atoms with Crippen molar-refractivity contribution in [2.45, 2.75) is 44.4 Å². The summed E-state index contributed by atoms with van der Waals surface area (Å²) in [6.45, 7) is 1.08. The normalized spacial score (nSPS) is 20.0. The molecule has 30 heavy (non-hydrogen) atoms. The zero-order valence-electron chi connectivity index (χ0n) is 18.1. The SMILES string of the molecule is COc1ccc(CCC(O)CC2c3c(cc4c(c3CO)OCO4)CC[N+]2(C)C)cc1. The van der Waals surface area contributed by atoms with E-state index in [0.717, 1.165) is 46.5 Å². The number of hydrogen-bond donors (Lipinski definition) is 2. The van der Waals surface area contributed by atoms with Crippen LogP contribution < -0.4 is 14.2 Å². The van der Waals surface area contributed by atoms with Crippen molar-refractivity contribution in [3.05, 3.63) is 52.6 Å². The number of ether oxygens (including phenoxy) is 3. The van der Waals surface area contributed by atoms with Crippen LogP contribution in [0.5, 0.6) is 17.2 Å². The van der Waals surface area contributed by atoms with E-state index in [4.69, 9.17) is 14.2 Å². The average Bonchev–Trinajstić information content (AvgIpc) is 3.21. The lowest BCUT2D eigenvalue weighted by atomic mass is 9.83. The quantitative estimate of drug-likeness (QED) is 0.682. The Morgan fingerprint density at radius 2 is 1.97 bits per heavy atom. The Morgan fingerprint density at radius 1 is 1.20 bits per heavy atom. The molecule has 0 aromatic heterocycles. The third kappa shape index (κ3) is 4.00. The first-order valence-electron chi connectivity index (χ1n) is 10.6. The van der Waals surface area contributed by atoms with E-state index in [1.807, 2.05) is 24.3 Å². The maximum absolute atomic E-state index is 10.9. The van der Waals surface area contributed by atoms with E-state index in [9.17, 15) is 10.2 Å². The molecule has 0 radical (unpaired) electrons. The van der Waals surface area contributed by atoms with Crippen LogP contribution in [0, 0.1) is 0 Å². The Labute approximate surface area is 178 Å². The number of fused-ring (bicyclic) bond motifs is 2. The van der Waals surface area contributed by atoms with Crippen LogP contribution in [-0.2, 0) is 19.4 Å². The smallest absolute Gasteiger partial charge is 0.231 e. The molecular formula is C24H32NO5+. The molecule has 0 spiro atoms.